The van der Waals surface area contributed by atoms with Crippen molar-refractivity contribution < 1.29 is 13.9 Å². The van der Waals surface area contributed by atoms with E-state index >= 15 is 0 Å². The van der Waals surface area contributed by atoms with Gasteiger partial charge in [-0.05, 0) is 19.3 Å². The maximum Gasteiger partial charge on any atom is 0.184 e. The van der Waals surface area contributed by atoms with Crippen LogP contribution in [0.4, 0.5) is 0 Å². The summed E-state index contributed by atoms with van der Waals surface area (Å²) in [5.74, 6) is 0. The van der Waals surface area contributed by atoms with E-state index in [9.17, 15) is 0 Å². The summed E-state index contributed by atoms with van der Waals surface area (Å²) in [4.78, 5) is 0. The highest BCUT2D eigenvalue weighted by Gasteiger charge is 2.03. The molecule has 0 bridgehead atoms. The summed E-state index contributed by atoms with van der Waals surface area (Å²) >= 11 is 0. The number of rotatable bonds is 10. The molecule has 0 aromatic rings. The third-order valence-corrected chi connectivity index (χ3v) is 2.75. The van der Waals surface area contributed by atoms with Crippen LogP contribution in [0.25, 0.3) is 0 Å². The Labute approximate surface area is 89.4 Å². The molecule has 84 valence electrons. The van der Waals surface area contributed by atoms with Gasteiger partial charge < -0.3 is 13.9 Å². The van der Waals surface area contributed by atoms with Crippen molar-refractivity contribution in [1.82, 2.24) is 0 Å². The molecule has 0 saturated carbocycles. The van der Waals surface area contributed by atoms with Gasteiger partial charge in [0.05, 0.1) is 0 Å². The second-order valence-corrected chi connectivity index (χ2v) is 4.43. The second kappa shape index (κ2) is 10.9. The van der Waals surface area contributed by atoms with Crippen LogP contribution in [0, 0.1) is 0 Å². The molecule has 4 heteroatoms. The van der Waals surface area contributed by atoms with Crippen LogP contribution in [0.2, 0.25) is 0 Å². The monoisotopic (exact) mass is 218 g/mol. The topological polar surface area (TPSA) is 27.7 Å². The molecular weight excluding hydrogens is 196 g/mol. The average Bonchev–Trinajstić information content (AvgIpc) is 2.22. The van der Waals surface area contributed by atoms with Crippen LogP contribution >= 0.6 is 0 Å². The Kier molecular flexibility index (Phi) is 10.8. The molecule has 0 atom stereocenters. The Morgan fingerprint density at radius 1 is 1.21 bits per heavy atom. The van der Waals surface area contributed by atoms with E-state index < -0.39 is 9.76 Å². The zero-order valence-electron chi connectivity index (χ0n) is 9.33. The van der Waals surface area contributed by atoms with Gasteiger partial charge >= 0.3 is 0 Å². The molecule has 0 aliphatic heterocycles. The SMILES string of the molecule is C=C[SiH2]OCCCCCC(OC)OC. The van der Waals surface area contributed by atoms with Gasteiger partial charge in [0.1, 0.15) is 0 Å². The molecule has 0 aromatic carbocycles. The molecule has 0 spiro atoms. The van der Waals surface area contributed by atoms with Gasteiger partial charge in [0.15, 0.2) is 16.1 Å². The molecule has 0 aromatic heterocycles. The third kappa shape index (κ3) is 8.44. The van der Waals surface area contributed by atoms with Gasteiger partial charge in [-0.3, -0.25) is 0 Å². The van der Waals surface area contributed by atoms with E-state index in [4.69, 9.17) is 13.9 Å². The lowest BCUT2D eigenvalue weighted by molar-refractivity contribution is -0.107. The van der Waals surface area contributed by atoms with Crippen LogP contribution < -0.4 is 0 Å². The summed E-state index contributed by atoms with van der Waals surface area (Å²) in [7, 11) is 2.92. The maximum absolute atomic E-state index is 5.40. The molecule has 0 unspecified atom stereocenters. The first-order valence-corrected chi connectivity index (χ1v) is 6.48. The minimum absolute atomic E-state index is 0.0431. The molecule has 0 fully saturated rings. The van der Waals surface area contributed by atoms with Crippen molar-refractivity contribution in [2.75, 3.05) is 20.8 Å². The highest BCUT2D eigenvalue weighted by Crippen LogP contribution is 2.06. The van der Waals surface area contributed by atoms with Crippen molar-refractivity contribution in [3.8, 4) is 0 Å². The summed E-state index contributed by atoms with van der Waals surface area (Å²) in [6.45, 7) is 4.52. The molecule has 0 radical (unpaired) electrons. The zero-order valence-corrected chi connectivity index (χ0v) is 10.7. The molecule has 3 nitrogen and oxygen atoms in total. The minimum Gasteiger partial charge on any atom is -0.419 e. The van der Waals surface area contributed by atoms with Crippen molar-refractivity contribution in [1.29, 1.82) is 0 Å². The minimum atomic E-state index is -0.422. The Morgan fingerprint density at radius 3 is 2.50 bits per heavy atom. The van der Waals surface area contributed by atoms with Crippen LogP contribution in [-0.4, -0.2) is 36.9 Å². The van der Waals surface area contributed by atoms with Crippen molar-refractivity contribution in [3.63, 3.8) is 0 Å². The van der Waals surface area contributed by atoms with Crippen LogP contribution in [0.1, 0.15) is 25.7 Å². The average molecular weight is 218 g/mol. The fourth-order valence-electron chi connectivity index (χ4n) is 1.19. The predicted octanol–water partition coefficient (Wildman–Crippen LogP) is 1.41. The maximum atomic E-state index is 5.40. The summed E-state index contributed by atoms with van der Waals surface area (Å²) in [6.07, 6.45) is 4.35. The molecular formula is C10H22O3Si. The summed E-state index contributed by atoms with van der Waals surface area (Å²) < 4.78 is 15.6. The third-order valence-electron chi connectivity index (χ3n) is 1.99. The number of unbranched alkanes of at least 4 members (excludes halogenated alkanes) is 2. The van der Waals surface area contributed by atoms with Gasteiger partial charge in [0, 0.05) is 20.8 Å². The molecule has 0 N–H and O–H groups in total. The molecule has 0 saturated heterocycles. The number of hydrogen-bond donors (Lipinski definition) is 0. The van der Waals surface area contributed by atoms with Gasteiger partial charge in [0.25, 0.3) is 0 Å². The second-order valence-electron chi connectivity index (χ2n) is 3.11. The summed E-state index contributed by atoms with van der Waals surface area (Å²) in [5, 5.41) is 0. The van der Waals surface area contributed by atoms with E-state index in [-0.39, 0.29) is 6.29 Å². The van der Waals surface area contributed by atoms with Crippen molar-refractivity contribution in [2.45, 2.75) is 32.0 Å². The van der Waals surface area contributed by atoms with Crippen LogP contribution in [0.5, 0.6) is 0 Å². The van der Waals surface area contributed by atoms with Crippen LogP contribution in [0.3, 0.4) is 0 Å². The molecule has 0 rings (SSSR count). The predicted molar refractivity (Wildman–Crippen MR) is 61.0 cm³/mol. The van der Waals surface area contributed by atoms with Crippen LogP contribution in [0.15, 0.2) is 12.3 Å². The zero-order chi connectivity index (χ0) is 10.6. The van der Waals surface area contributed by atoms with E-state index in [2.05, 4.69) is 6.58 Å². The Bertz CT molecular complexity index is 127. The van der Waals surface area contributed by atoms with E-state index in [0.29, 0.717) is 0 Å². The van der Waals surface area contributed by atoms with Gasteiger partial charge in [-0.1, -0.05) is 12.1 Å². The van der Waals surface area contributed by atoms with Crippen molar-refractivity contribution in [2.24, 2.45) is 0 Å². The number of hydrogen-bond acceptors (Lipinski definition) is 3. The van der Waals surface area contributed by atoms with Crippen molar-refractivity contribution in [3.05, 3.63) is 12.3 Å². The van der Waals surface area contributed by atoms with E-state index in [1.165, 1.54) is 6.42 Å². The fourth-order valence-corrected chi connectivity index (χ4v) is 1.73. The number of methoxy groups -OCH3 is 2. The smallest absolute Gasteiger partial charge is 0.184 e. The number of ether oxygens (including phenoxy) is 2. The quantitative estimate of drug-likeness (QED) is 0.315. The van der Waals surface area contributed by atoms with Crippen LogP contribution in [-0.2, 0) is 13.9 Å². The first-order chi connectivity index (χ1) is 6.85. The Balaban J connectivity index is 3.08. The molecule has 0 aliphatic rings. The fraction of sp³-hybridized carbons (Fsp3) is 0.800. The van der Waals surface area contributed by atoms with Gasteiger partial charge in [0.2, 0.25) is 0 Å². The molecule has 0 amide bonds. The Hall–Kier alpha value is -0.163. The summed E-state index contributed by atoms with van der Waals surface area (Å²) in [6, 6.07) is 0. The van der Waals surface area contributed by atoms with Crippen molar-refractivity contribution >= 4 is 9.76 Å². The standard InChI is InChI=1S/C10H22O3Si/c1-4-14-13-9-7-5-6-8-10(11-2)12-3/h4,10H,1,5-9,14H2,2-3H3. The largest absolute Gasteiger partial charge is 0.419 e. The molecule has 0 aliphatic carbocycles. The lowest BCUT2D eigenvalue weighted by atomic mass is 10.2. The Morgan fingerprint density at radius 2 is 1.93 bits per heavy atom. The van der Waals surface area contributed by atoms with E-state index in [0.717, 1.165) is 25.9 Å². The lowest BCUT2D eigenvalue weighted by Gasteiger charge is -2.12. The highest BCUT2D eigenvalue weighted by atomic mass is 28.2. The van der Waals surface area contributed by atoms with Gasteiger partial charge in [-0.25, -0.2) is 0 Å². The van der Waals surface area contributed by atoms with Gasteiger partial charge in [-0.2, -0.15) is 0 Å². The molecule has 14 heavy (non-hydrogen) atoms. The normalized spacial score (nSPS) is 11.6. The van der Waals surface area contributed by atoms with E-state index in [1.807, 2.05) is 5.70 Å². The molecule has 0 heterocycles. The first kappa shape index (κ1) is 13.8. The van der Waals surface area contributed by atoms with E-state index in [1.54, 1.807) is 14.2 Å². The van der Waals surface area contributed by atoms with Gasteiger partial charge in [-0.15, -0.1) is 6.58 Å². The highest BCUT2D eigenvalue weighted by molar-refractivity contribution is 6.33. The first-order valence-electron chi connectivity index (χ1n) is 5.09. The summed E-state index contributed by atoms with van der Waals surface area (Å²) in [5.41, 5.74) is 1.91. The lowest BCUT2D eigenvalue weighted by Crippen LogP contribution is -2.12.